The highest BCUT2D eigenvalue weighted by Gasteiger charge is 2.18. The van der Waals surface area contributed by atoms with Gasteiger partial charge in [0.2, 0.25) is 10.0 Å². The van der Waals surface area contributed by atoms with Gasteiger partial charge in [-0.25, -0.2) is 12.8 Å². The summed E-state index contributed by atoms with van der Waals surface area (Å²) in [6.45, 7) is 2.00. The summed E-state index contributed by atoms with van der Waals surface area (Å²) in [7, 11) is -3.74. The molecule has 0 unspecified atom stereocenters. The van der Waals surface area contributed by atoms with E-state index in [1.54, 1.807) is 37.3 Å². The third kappa shape index (κ3) is 5.48. The Morgan fingerprint density at radius 3 is 2.40 bits per heavy atom. The quantitative estimate of drug-likeness (QED) is 0.768. The number of sulfonamides is 1. The zero-order chi connectivity index (χ0) is 18.1. The van der Waals surface area contributed by atoms with Crippen molar-refractivity contribution in [3.63, 3.8) is 0 Å². The molecule has 0 bridgehead atoms. The maximum atomic E-state index is 13.3. The molecule has 0 amide bonds. The maximum Gasteiger partial charge on any atom is 0.245 e. The molecule has 0 heterocycles. The minimum absolute atomic E-state index is 0.0435. The van der Waals surface area contributed by atoms with Gasteiger partial charge in [0.15, 0.2) is 11.6 Å². The van der Waals surface area contributed by atoms with E-state index in [-0.39, 0.29) is 29.5 Å². The molecule has 0 aliphatic carbocycles. The largest absolute Gasteiger partial charge is 0.492 e. The van der Waals surface area contributed by atoms with E-state index in [4.69, 9.17) is 9.47 Å². The van der Waals surface area contributed by atoms with Crippen LogP contribution in [0.4, 0.5) is 4.39 Å². The molecule has 0 aliphatic heterocycles. The summed E-state index contributed by atoms with van der Waals surface area (Å²) < 4.78 is 50.8. The van der Waals surface area contributed by atoms with Crippen LogP contribution in [0.2, 0.25) is 0 Å². The van der Waals surface area contributed by atoms with E-state index in [2.05, 4.69) is 16.6 Å². The molecule has 0 radical (unpaired) electrons. The summed E-state index contributed by atoms with van der Waals surface area (Å²) in [5.41, 5.74) is 0. The number of nitrogens with one attached hydrogen (secondary N) is 1. The van der Waals surface area contributed by atoms with Gasteiger partial charge in [0.1, 0.15) is 17.3 Å². The van der Waals surface area contributed by atoms with Gasteiger partial charge in [-0.15, -0.1) is 0 Å². The summed E-state index contributed by atoms with van der Waals surface area (Å²) in [6.07, 6.45) is 0. The normalized spacial score (nSPS) is 10.6. The molecule has 0 saturated carbocycles. The van der Waals surface area contributed by atoms with Crippen molar-refractivity contribution < 1.29 is 22.3 Å². The highest BCUT2D eigenvalue weighted by Crippen LogP contribution is 2.22. The van der Waals surface area contributed by atoms with E-state index in [1.807, 2.05) is 0 Å². The highest BCUT2D eigenvalue weighted by molar-refractivity contribution is 7.89. The number of ether oxygens (including phenoxy) is 2. The van der Waals surface area contributed by atoms with E-state index < -0.39 is 15.8 Å². The third-order valence-electron chi connectivity index (χ3n) is 3.05. The Hall–Kier alpha value is -2.56. The van der Waals surface area contributed by atoms with Gasteiger partial charge in [-0.05, 0) is 31.2 Å². The lowest BCUT2D eigenvalue weighted by atomic mass is 10.3. The average Bonchev–Trinajstić information content (AvgIpc) is 2.60. The van der Waals surface area contributed by atoms with Crippen molar-refractivity contribution in [1.82, 2.24) is 4.72 Å². The first-order valence-electron chi connectivity index (χ1n) is 7.59. The second-order valence-electron chi connectivity index (χ2n) is 4.78. The number of benzene rings is 2. The minimum Gasteiger partial charge on any atom is -0.492 e. The zero-order valence-corrected chi connectivity index (χ0v) is 14.5. The minimum atomic E-state index is -3.74. The van der Waals surface area contributed by atoms with Crippen LogP contribution >= 0.6 is 0 Å². The van der Waals surface area contributed by atoms with Gasteiger partial charge in [0, 0.05) is 0 Å². The Morgan fingerprint density at radius 2 is 1.68 bits per heavy atom. The van der Waals surface area contributed by atoms with Crippen LogP contribution in [0.1, 0.15) is 6.92 Å². The fraction of sp³-hybridized carbons (Fsp3) is 0.222. The monoisotopic (exact) mass is 363 g/mol. The fourth-order valence-electron chi connectivity index (χ4n) is 1.94. The number of para-hydroxylation sites is 2. The summed E-state index contributed by atoms with van der Waals surface area (Å²) in [6, 6.07) is 12.3. The van der Waals surface area contributed by atoms with Crippen LogP contribution in [-0.2, 0) is 10.0 Å². The fourth-order valence-corrected chi connectivity index (χ4v) is 3.01. The molecule has 0 aromatic heterocycles. The Balaban J connectivity index is 1.90. The third-order valence-corrected chi connectivity index (χ3v) is 4.49. The molecule has 0 atom stereocenters. The summed E-state index contributed by atoms with van der Waals surface area (Å²) >= 11 is 0. The lowest BCUT2D eigenvalue weighted by Gasteiger charge is -2.10. The Kier molecular flexibility index (Phi) is 6.81. The first-order valence-corrected chi connectivity index (χ1v) is 9.07. The van der Waals surface area contributed by atoms with Gasteiger partial charge in [-0.1, -0.05) is 36.1 Å². The van der Waals surface area contributed by atoms with Crippen molar-refractivity contribution in [2.24, 2.45) is 0 Å². The SMILES string of the molecule is CCOc1ccccc1S(=O)(=O)NCC#CCOc1ccccc1F. The van der Waals surface area contributed by atoms with Gasteiger partial charge in [0.05, 0.1) is 13.2 Å². The molecule has 2 aromatic rings. The predicted molar refractivity (Wildman–Crippen MR) is 92.5 cm³/mol. The number of hydrogen-bond donors (Lipinski definition) is 1. The van der Waals surface area contributed by atoms with Crippen molar-refractivity contribution in [3.8, 4) is 23.3 Å². The van der Waals surface area contributed by atoms with Gasteiger partial charge in [-0.2, -0.15) is 4.72 Å². The van der Waals surface area contributed by atoms with E-state index in [0.29, 0.717) is 6.61 Å². The van der Waals surface area contributed by atoms with Crippen LogP contribution in [0.3, 0.4) is 0 Å². The molecular weight excluding hydrogens is 345 g/mol. The standard InChI is InChI=1S/C18H18FNO4S/c1-2-23-17-11-5-6-12-18(17)25(21,22)20-13-7-8-14-24-16-10-4-3-9-15(16)19/h3-6,9-12,20H,2,13-14H2,1H3. The maximum absolute atomic E-state index is 13.3. The van der Waals surface area contributed by atoms with Gasteiger partial charge >= 0.3 is 0 Å². The van der Waals surface area contributed by atoms with Crippen LogP contribution < -0.4 is 14.2 Å². The molecule has 0 saturated heterocycles. The number of hydrogen-bond acceptors (Lipinski definition) is 4. The van der Waals surface area contributed by atoms with Crippen molar-refractivity contribution in [2.45, 2.75) is 11.8 Å². The second kappa shape index (κ2) is 9.06. The molecule has 5 nitrogen and oxygen atoms in total. The lowest BCUT2D eigenvalue weighted by Crippen LogP contribution is -2.24. The van der Waals surface area contributed by atoms with Gasteiger partial charge in [0.25, 0.3) is 0 Å². The Morgan fingerprint density at radius 1 is 1.00 bits per heavy atom. The van der Waals surface area contributed by atoms with Crippen LogP contribution in [0.15, 0.2) is 53.4 Å². The van der Waals surface area contributed by atoms with Crippen molar-refractivity contribution in [3.05, 3.63) is 54.3 Å². The van der Waals surface area contributed by atoms with Crippen LogP contribution in [0, 0.1) is 17.7 Å². The average molecular weight is 363 g/mol. The first kappa shape index (κ1) is 18.8. The van der Waals surface area contributed by atoms with Gasteiger partial charge < -0.3 is 9.47 Å². The lowest BCUT2D eigenvalue weighted by molar-refractivity contribution is 0.331. The molecular formula is C18H18FNO4S. The molecule has 0 fully saturated rings. The van der Waals surface area contributed by atoms with Crippen molar-refractivity contribution in [1.29, 1.82) is 0 Å². The first-order chi connectivity index (χ1) is 12.0. The second-order valence-corrected chi connectivity index (χ2v) is 6.51. The van der Waals surface area contributed by atoms with Crippen LogP contribution in [0.5, 0.6) is 11.5 Å². The summed E-state index contributed by atoms with van der Waals surface area (Å²) in [5.74, 6) is 5.16. The summed E-state index contributed by atoms with van der Waals surface area (Å²) in [4.78, 5) is 0.0567. The Labute approximate surface area is 146 Å². The molecule has 2 rings (SSSR count). The number of halogens is 1. The highest BCUT2D eigenvalue weighted by atomic mass is 32.2. The molecule has 0 spiro atoms. The molecule has 132 valence electrons. The Bertz CT molecular complexity index is 872. The molecule has 25 heavy (non-hydrogen) atoms. The predicted octanol–water partition coefficient (Wildman–Crippen LogP) is 2.59. The zero-order valence-electron chi connectivity index (χ0n) is 13.7. The topological polar surface area (TPSA) is 64.6 Å². The van der Waals surface area contributed by atoms with Gasteiger partial charge in [-0.3, -0.25) is 0 Å². The smallest absolute Gasteiger partial charge is 0.245 e. The van der Waals surface area contributed by atoms with E-state index >= 15 is 0 Å². The molecule has 7 heteroatoms. The summed E-state index contributed by atoms with van der Waals surface area (Å²) in [5, 5.41) is 0. The van der Waals surface area contributed by atoms with E-state index in [9.17, 15) is 12.8 Å². The van der Waals surface area contributed by atoms with Crippen molar-refractivity contribution in [2.75, 3.05) is 19.8 Å². The molecule has 1 N–H and O–H groups in total. The van der Waals surface area contributed by atoms with Crippen LogP contribution in [-0.4, -0.2) is 28.2 Å². The molecule has 2 aromatic carbocycles. The van der Waals surface area contributed by atoms with E-state index in [0.717, 1.165) is 0 Å². The van der Waals surface area contributed by atoms with Crippen molar-refractivity contribution >= 4 is 10.0 Å². The number of rotatable bonds is 7. The molecule has 0 aliphatic rings. The van der Waals surface area contributed by atoms with Crippen LogP contribution in [0.25, 0.3) is 0 Å². The van der Waals surface area contributed by atoms with E-state index in [1.165, 1.54) is 18.2 Å².